The number of rotatable bonds is 4. The van der Waals surface area contributed by atoms with Crippen LogP contribution in [0, 0.1) is 0 Å². The highest BCUT2D eigenvalue weighted by Gasteiger charge is 2.33. The van der Waals surface area contributed by atoms with Crippen molar-refractivity contribution in [2.24, 2.45) is 7.05 Å². The van der Waals surface area contributed by atoms with Crippen molar-refractivity contribution in [2.45, 2.75) is 39.0 Å². The zero-order valence-electron chi connectivity index (χ0n) is 19.2. The third kappa shape index (κ3) is 5.18. The Labute approximate surface area is 207 Å². The number of nitrogens with zero attached hydrogens (tertiary/aromatic N) is 2. The Morgan fingerprint density at radius 1 is 0.971 bits per heavy atom. The van der Waals surface area contributed by atoms with Crippen molar-refractivity contribution in [1.29, 1.82) is 0 Å². The summed E-state index contributed by atoms with van der Waals surface area (Å²) in [5.74, 6) is 1.02. The molecule has 1 heterocycles. The second-order valence-electron chi connectivity index (χ2n) is 9.04. The number of fused-ring (bicyclic) bond motifs is 1. The number of benzene rings is 3. The van der Waals surface area contributed by atoms with Gasteiger partial charge in [0.25, 0.3) is 0 Å². The normalized spacial score (nSPS) is 12.0. The van der Waals surface area contributed by atoms with Crippen LogP contribution in [0.2, 0.25) is 5.02 Å². The number of aromatic nitrogens is 2. The van der Waals surface area contributed by atoms with Crippen molar-refractivity contribution in [1.82, 2.24) is 9.55 Å². The van der Waals surface area contributed by atoms with Gasteiger partial charge in [-0.2, -0.15) is 13.2 Å². The summed E-state index contributed by atoms with van der Waals surface area (Å²) < 4.78 is 47.6. The average molecular weight is 509 g/mol. The van der Waals surface area contributed by atoms with Crippen molar-refractivity contribution in [3.63, 3.8) is 0 Å². The smallest absolute Gasteiger partial charge is 0.416 e. The third-order valence-electron chi connectivity index (χ3n) is 5.64. The molecule has 0 aliphatic rings. The van der Waals surface area contributed by atoms with Gasteiger partial charge in [0.2, 0.25) is 0 Å². The van der Waals surface area contributed by atoms with Crippen molar-refractivity contribution in [3.05, 3.63) is 82.4 Å². The number of aryl methyl sites for hydroxylation is 1. The van der Waals surface area contributed by atoms with Gasteiger partial charge in [0.1, 0.15) is 18.2 Å². The van der Waals surface area contributed by atoms with E-state index in [-0.39, 0.29) is 30.0 Å². The summed E-state index contributed by atoms with van der Waals surface area (Å²) in [6, 6.07) is 16.8. The van der Waals surface area contributed by atoms with Crippen molar-refractivity contribution < 1.29 is 17.9 Å². The van der Waals surface area contributed by atoms with Gasteiger partial charge in [-0.1, -0.05) is 56.6 Å². The lowest BCUT2D eigenvalue weighted by Gasteiger charge is -2.18. The van der Waals surface area contributed by atoms with Gasteiger partial charge in [-0.3, -0.25) is 0 Å². The summed E-state index contributed by atoms with van der Waals surface area (Å²) >= 11 is 6.29. The van der Waals surface area contributed by atoms with Crippen molar-refractivity contribution in [3.8, 4) is 17.1 Å². The fraction of sp³-hybridized carbons (Fsp3) is 0.269. The molecule has 0 N–H and O–H groups in total. The van der Waals surface area contributed by atoms with Crippen LogP contribution in [0.5, 0.6) is 5.75 Å². The predicted octanol–water partition coefficient (Wildman–Crippen LogP) is 8.21. The molecule has 0 fully saturated rings. The lowest BCUT2D eigenvalue weighted by atomic mass is 9.87. The maximum absolute atomic E-state index is 13.3. The van der Waals surface area contributed by atoms with E-state index in [1.807, 2.05) is 23.7 Å². The number of hydrogen-bond acceptors (Lipinski definition) is 2. The van der Waals surface area contributed by atoms with E-state index in [1.54, 1.807) is 18.2 Å². The van der Waals surface area contributed by atoms with Gasteiger partial charge in [0, 0.05) is 18.2 Å². The molecule has 0 amide bonds. The van der Waals surface area contributed by atoms with E-state index in [1.165, 1.54) is 17.7 Å². The minimum Gasteiger partial charge on any atom is -0.487 e. The summed E-state index contributed by atoms with van der Waals surface area (Å²) in [6.45, 7) is 6.20. The van der Waals surface area contributed by atoms with Crippen LogP contribution in [0.15, 0.2) is 60.7 Å². The first-order valence-electron chi connectivity index (χ1n) is 10.5. The quantitative estimate of drug-likeness (QED) is 0.277. The van der Waals surface area contributed by atoms with Gasteiger partial charge in [0.05, 0.1) is 21.6 Å². The summed E-state index contributed by atoms with van der Waals surface area (Å²) in [6.07, 6.45) is -4.45. The zero-order valence-corrected chi connectivity index (χ0v) is 20.8. The van der Waals surface area contributed by atoms with Crippen LogP contribution < -0.4 is 4.74 Å². The highest BCUT2D eigenvalue weighted by Crippen LogP contribution is 2.35. The fourth-order valence-electron chi connectivity index (χ4n) is 3.76. The zero-order chi connectivity index (χ0) is 24.0. The monoisotopic (exact) mass is 508 g/mol. The van der Waals surface area contributed by atoms with E-state index in [0.717, 1.165) is 22.7 Å². The molecule has 0 atom stereocenters. The molecule has 0 unspecified atom stereocenters. The lowest BCUT2D eigenvalue weighted by molar-refractivity contribution is -0.138. The summed E-state index contributed by atoms with van der Waals surface area (Å²) in [5.41, 5.74) is 3.12. The first-order chi connectivity index (χ1) is 15.4. The van der Waals surface area contributed by atoms with Crippen LogP contribution in [0.1, 0.15) is 37.5 Å². The minimum atomic E-state index is -4.45. The molecule has 34 heavy (non-hydrogen) atoms. The molecule has 0 aliphatic carbocycles. The summed E-state index contributed by atoms with van der Waals surface area (Å²) in [5, 5.41) is 0.317. The van der Waals surface area contributed by atoms with Crippen LogP contribution in [0.4, 0.5) is 13.2 Å². The molecule has 0 spiro atoms. The van der Waals surface area contributed by atoms with Crippen molar-refractivity contribution in [2.75, 3.05) is 0 Å². The maximum Gasteiger partial charge on any atom is 0.416 e. The molecule has 0 radical (unpaired) electrons. The van der Waals surface area contributed by atoms with Gasteiger partial charge in [-0.15, -0.1) is 12.4 Å². The first-order valence-corrected chi connectivity index (χ1v) is 10.9. The highest BCUT2D eigenvalue weighted by atomic mass is 35.5. The van der Waals surface area contributed by atoms with E-state index >= 15 is 0 Å². The van der Waals surface area contributed by atoms with E-state index in [2.05, 4.69) is 32.9 Å². The molecule has 180 valence electrons. The minimum absolute atomic E-state index is 0. The molecule has 3 aromatic carbocycles. The number of alkyl halides is 3. The van der Waals surface area contributed by atoms with Gasteiger partial charge in [-0.05, 0) is 47.4 Å². The Morgan fingerprint density at radius 2 is 1.68 bits per heavy atom. The Balaban J connectivity index is 0.00000324. The van der Waals surface area contributed by atoms with E-state index < -0.39 is 11.7 Å². The Hall–Kier alpha value is -2.70. The molecule has 4 aromatic rings. The summed E-state index contributed by atoms with van der Waals surface area (Å²) in [7, 11) is 1.93. The van der Waals surface area contributed by atoms with Crippen LogP contribution in [0.3, 0.4) is 0 Å². The van der Waals surface area contributed by atoms with Crippen LogP contribution in [-0.2, 0) is 25.2 Å². The topological polar surface area (TPSA) is 27.1 Å². The molecule has 1 aromatic heterocycles. The predicted molar refractivity (Wildman–Crippen MR) is 133 cm³/mol. The molecule has 0 aliphatic heterocycles. The molecular weight excluding hydrogens is 484 g/mol. The molecule has 3 nitrogen and oxygen atoms in total. The van der Waals surface area contributed by atoms with E-state index in [0.29, 0.717) is 16.6 Å². The number of imidazole rings is 1. The van der Waals surface area contributed by atoms with Crippen LogP contribution in [-0.4, -0.2) is 9.55 Å². The molecule has 0 bridgehead atoms. The summed E-state index contributed by atoms with van der Waals surface area (Å²) in [4.78, 5) is 4.81. The van der Waals surface area contributed by atoms with Gasteiger partial charge in [-0.25, -0.2) is 4.98 Å². The van der Waals surface area contributed by atoms with Gasteiger partial charge in [0.15, 0.2) is 0 Å². The highest BCUT2D eigenvalue weighted by molar-refractivity contribution is 6.32. The maximum atomic E-state index is 13.3. The van der Waals surface area contributed by atoms with Gasteiger partial charge >= 0.3 is 6.18 Å². The largest absolute Gasteiger partial charge is 0.487 e. The van der Waals surface area contributed by atoms with E-state index in [9.17, 15) is 13.2 Å². The number of hydrogen-bond donors (Lipinski definition) is 0. The first kappa shape index (κ1) is 25.9. The third-order valence-corrected chi connectivity index (χ3v) is 5.95. The molecule has 8 heteroatoms. The van der Waals surface area contributed by atoms with Crippen LogP contribution >= 0.6 is 24.0 Å². The Morgan fingerprint density at radius 3 is 2.35 bits per heavy atom. The number of halogens is 5. The molecular formula is C26H25Cl2F3N2O. The molecule has 0 saturated carbocycles. The molecule has 0 saturated heterocycles. The van der Waals surface area contributed by atoms with Gasteiger partial charge < -0.3 is 9.30 Å². The number of ether oxygens (including phenoxy) is 1. The lowest BCUT2D eigenvalue weighted by Crippen LogP contribution is -2.10. The standard InChI is InChI=1S/C26H24ClF3N2O.ClH/c1-25(2,3)18-10-12-22-21(14-18)31-24(32(22)4)16-9-11-20(27)23(13-16)33-15-17-7-5-6-8-19(17)26(28,29)30;/h5-14H,15H2,1-4H3;1H. The average Bonchev–Trinajstić information content (AvgIpc) is 3.08. The Bertz CT molecular complexity index is 1320. The fourth-order valence-corrected chi connectivity index (χ4v) is 3.93. The Kier molecular flexibility index (Phi) is 7.25. The van der Waals surface area contributed by atoms with Crippen LogP contribution in [0.25, 0.3) is 22.4 Å². The second-order valence-corrected chi connectivity index (χ2v) is 9.44. The SMILES string of the molecule is Cl.Cn1c(-c2ccc(Cl)c(OCc3ccccc3C(F)(F)F)c2)nc2cc(C(C)(C)C)ccc21. The molecule has 4 rings (SSSR count). The van der Waals surface area contributed by atoms with Crippen molar-refractivity contribution >= 4 is 35.0 Å². The van der Waals surface area contributed by atoms with E-state index in [4.69, 9.17) is 21.3 Å². The second kappa shape index (κ2) is 9.51.